The highest BCUT2D eigenvalue weighted by molar-refractivity contribution is 7.92. The maximum absolute atomic E-state index is 14.5. The van der Waals surface area contributed by atoms with Crippen LogP contribution in [0.25, 0.3) is 0 Å². The first-order valence-corrected chi connectivity index (χ1v) is 17.0. The molecule has 0 aliphatic heterocycles. The average molecular weight is 687 g/mol. The minimum atomic E-state index is -4.21. The molecule has 4 rings (SSSR count). The lowest BCUT2D eigenvalue weighted by Crippen LogP contribution is -2.54. The lowest BCUT2D eigenvalue weighted by Gasteiger charge is -2.34. The van der Waals surface area contributed by atoms with Gasteiger partial charge in [-0.15, -0.1) is 0 Å². The van der Waals surface area contributed by atoms with Crippen molar-refractivity contribution in [3.63, 3.8) is 0 Å². The van der Waals surface area contributed by atoms with Crippen molar-refractivity contribution in [3.8, 4) is 0 Å². The summed E-state index contributed by atoms with van der Waals surface area (Å²) in [7, 11) is -4.21. The number of amides is 2. The highest BCUT2D eigenvalue weighted by Crippen LogP contribution is 2.28. The smallest absolute Gasteiger partial charge is 0.264 e. The first-order valence-electron chi connectivity index (χ1n) is 14.4. The molecule has 4 aromatic rings. The van der Waals surface area contributed by atoms with Crippen LogP contribution in [0, 0.1) is 0 Å². The minimum absolute atomic E-state index is 0.00962. The van der Waals surface area contributed by atoms with Gasteiger partial charge in [-0.1, -0.05) is 96.3 Å². The molecule has 0 aliphatic rings. The molecule has 0 heterocycles. The Balaban J connectivity index is 1.82. The fraction of sp³-hybridized carbons (Fsp3) is 0.235. The number of benzene rings is 4. The third-order valence-electron chi connectivity index (χ3n) is 7.35. The van der Waals surface area contributed by atoms with Crippen molar-refractivity contribution in [2.75, 3.05) is 10.8 Å². The van der Waals surface area contributed by atoms with Crippen LogP contribution in [0.3, 0.4) is 0 Å². The molecule has 236 valence electrons. The van der Waals surface area contributed by atoms with E-state index in [1.807, 2.05) is 44.2 Å². The van der Waals surface area contributed by atoms with Crippen LogP contribution in [-0.2, 0) is 32.6 Å². The van der Waals surface area contributed by atoms with E-state index in [1.54, 1.807) is 48.5 Å². The highest BCUT2D eigenvalue weighted by Gasteiger charge is 2.35. The zero-order valence-electron chi connectivity index (χ0n) is 24.9. The predicted molar refractivity (Wildman–Crippen MR) is 181 cm³/mol. The van der Waals surface area contributed by atoms with E-state index in [4.69, 9.17) is 34.8 Å². The van der Waals surface area contributed by atoms with Gasteiger partial charge in [0.15, 0.2) is 0 Å². The van der Waals surface area contributed by atoms with Crippen LogP contribution >= 0.6 is 34.8 Å². The van der Waals surface area contributed by atoms with E-state index in [9.17, 15) is 18.0 Å². The van der Waals surface area contributed by atoms with Crippen LogP contribution in [0.2, 0.25) is 15.1 Å². The Morgan fingerprint density at radius 3 is 2.02 bits per heavy atom. The van der Waals surface area contributed by atoms with Gasteiger partial charge in [-0.2, -0.15) is 0 Å². The number of anilines is 1. The van der Waals surface area contributed by atoms with Crippen molar-refractivity contribution in [2.24, 2.45) is 0 Å². The molecule has 1 N–H and O–H groups in total. The molecule has 0 saturated heterocycles. The first-order chi connectivity index (χ1) is 21.5. The fourth-order valence-electron chi connectivity index (χ4n) is 4.68. The van der Waals surface area contributed by atoms with Crippen molar-refractivity contribution in [2.45, 2.75) is 50.2 Å². The second-order valence-electron chi connectivity index (χ2n) is 10.6. The summed E-state index contributed by atoms with van der Waals surface area (Å²) in [4.78, 5) is 29.8. The van der Waals surface area contributed by atoms with E-state index < -0.39 is 28.5 Å². The van der Waals surface area contributed by atoms with Gasteiger partial charge < -0.3 is 10.2 Å². The van der Waals surface area contributed by atoms with Gasteiger partial charge in [0.25, 0.3) is 10.0 Å². The highest BCUT2D eigenvalue weighted by atomic mass is 35.5. The lowest BCUT2D eigenvalue weighted by molar-refractivity contribution is -0.140. The molecule has 0 saturated carbocycles. The number of rotatable bonds is 13. The van der Waals surface area contributed by atoms with Crippen LogP contribution in [0.4, 0.5) is 5.69 Å². The summed E-state index contributed by atoms with van der Waals surface area (Å²) < 4.78 is 29.1. The van der Waals surface area contributed by atoms with Crippen molar-refractivity contribution in [3.05, 3.63) is 129 Å². The number of nitrogens with zero attached hydrogens (tertiary/aromatic N) is 2. The third-order valence-corrected chi connectivity index (χ3v) is 9.98. The molecule has 2 unspecified atom stereocenters. The largest absolute Gasteiger partial charge is 0.352 e. The molecule has 0 bridgehead atoms. The Morgan fingerprint density at radius 1 is 0.822 bits per heavy atom. The van der Waals surface area contributed by atoms with Crippen molar-refractivity contribution in [1.82, 2.24) is 10.2 Å². The normalized spacial score (nSPS) is 12.6. The monoisotopic (exact) mass is 685 g/mol. The Labute approximate surface area is 279 Å². The summed E-state index contributed by atoms with van der Waals surface area (Å²) in [6.07, 6.45) is 0.868. The van der Waals surface area contributed by atoms with Crippen molar-refractivity contribution in [1.29, 1.82) is 0 Å². The van der Waals surface area contributed by atoms with Crippen molar-refractivity contribution < 1.29 is 18.0 Å². The van der Waals surface area contributed by atoms with Crippen LogP contribution in [0.15, 0.2) is 108 Å². The number of hydrogen-bond acceptors (Lipinski definition) is 4. The molecule has 4 aromatic carbocycles. The summed E-state index contributed by atoms with van der Waals surface area (Å²) in [6.45, 7) is 3.17. The van der Waals surface area contributed by atoms with Gasteiger partial charge in [0, 0.05) is 34.1 Å². The summed E-state index contributed by atoms with van der Waals surface area (Å²) in [5, 5.41) is 4.15. The number of hydrogen-bond donors (Lipinski definition) is 1. The minimum Gasteiger partial charge on any atom is -0.352 e. The zero-order valence-corrected chi connectivity index (χ0v) is 28.0. The Kier molecular flexibility index (Phi) is 11.9. The second-order valence-corrected chi connectivity index (χ2v) is 13.7. The molecule has 0 aromatic heterocycles. The third kappa shape index (κ3) is 9.01. The zero-order chi connectivity index (χ0) is 32.6. The Hall–Kier alpha value is -3.56. The van der Waals surface area contributed by atoms with E-state index in [0.717, 1.165) is 9.87 Å². The summed E-state index contributed by atoms with van der Waals surface area (Å²) in [6, 6.07) is 27.1. The number of halogens is 3. The van der Waals surface area contributed by atoms with Crippen LogP contribution < -0.4 is 9.62 Å². The summed E-state index contributed by atoms with van der Waals surface area (Å²) in [5.41, 5.74) is 1.62. The molecule has 7 nitrogen and oxygen atoms in total. The van der Waals surface area contributed by atoms with Gasteiger partial charge in [-0.25, -0.2) is 8.42 Å². The van der Waals surface area contributed by atoms with E-state index in [1.165, 1.54) is 29.2 Å². The standard InChI is InChI=1S/C34H34Cl3N3O4S/c1-3-24(2)38-34(42)32(20-25-10-6-4-7-11-25)39(22-26-14-15-28(36)21-31(26)37)33(41)23-40(29-18-16-27(35)17-19-29)45(43,44)30-12-8-5-9-13-30/h4-19,21,24,32H,3,20,22-23H2,1-2H3,(H,38,42). The van der Waals surface area contributed by atoms with Crippen LogP contribution in [0.5, 0.6) is 0 Å². The van der Waals surface area contributed by atoms with Crippen molar-refractivity contribution >= 4 is 62.3 Å². The molecule has 0 fully saturated rings. The van der Waals surface area contributed by atoms with Crippen LogP contribution in [-0.4, -0.2) is 43.8 Å². The summed E-state index contributed by atoms with van der Waals surface area (Å²) >= 11 is 18.8. The first kappa shape index (κ1) is 34.3. The Bertz CT molecular complexity index is 1710. The SMILES string of the molecule is CCC(C)NC(=O)C(Cc1ccccc1)N(Cc1ccc(Cl)cc1Cl)C(=O)CN(c1ccc(Cl)cc1)S(=O)(=O)c1ccccc1. The number of nitrogens with one attached hydrogen (secondary N) is 1. The van der Waals surface area contributed by atoms with E-state index >= 15 is 0 Å². The maximum Gasteiger partial charge on any atom is 0.264 e. The second kappa shape index (κ2) is 15.6. The molecular formula is C34H34Cl3N3O4S. The molecule has 0 aliphatic carbocycles. The van der Waals surface area contributed by atoms with Gasteiger partial charge in [-0.05, 0) is 73.0 Å². The van der Waals surface area contributed by atoms with Gasteiger partial charge in [-0.3, -0.25) is 13.9 Å². The van der Waals surface area contributed by atoms with Crippen LogP contribution in [0.1, 0.15) is 31.4 Å². The predicted octanol–water partition coefficient (Wildman–Crippen LogP) is 7.40. The molecule has 2 atom stereocenters. The molecule has 45 heavy (non-hydrogen) atoms. The Morgan fingerprint density at radius 2 is 1.42 bits per heavy atom. The number of carbonyl (C=O) groups excluding carboxylic acids is 2. The molecule has 2 amide bonds. The maximum atomic E-state index is 14.5. The average Bonchev–Trinajstić information content (AvgIpc) is 3.03. The number of carbonyl (C=O) groups is 2. The molecule has 0 spiro atoms. The van der Waals surface area contributed by atoms with E-state index in [0.29, 0.717) is 27.1 Å². The quantitative estimate of drug-likeness (QED) is 0.159. The molecule has 0 radical (unpaired) electrons. The lowest BCUT2D eigenvalue weighted by atomic mass is 10.0. The summed E-state index contributed by atoms with van der Waals surface area (Å²) in [5.74, 6) is -0.966. The molecular weight excluding hydrogens is 653 g/mol. The van der Waals surface area contributed by atoms with Gasteiger partial charge in [0.2, 0.25) is 11.8 Å². The van der Waals surface area contributed by atoms with Gasteiger partial charge >= 0.3 is 0 Å². The number of sulfonamides is 1. The van der Waals surface area contributed by atoms with E-state index in [-0.39, 0.29) is 35.5 Å². The van der Waals surface area contributed by atoms with Gasteiger partial charge in [0.1, 0.15) is 12.6 Å². The van der Waals surface area contributed by atoms with E-state index in [2.05, 4.69) is 5.32 Å². The fourth-order valence-corrected chi connectivity index (χ4v) is 6.71. The molecule has 11 heteroatoms. The topological polar surface area (TPSA) is 86.8 Å². The van der Waals surface area contributed by atoms with Gasteiger partial charge in [0.05, 0.1) is 10.6 Å².